The summed E-state index contributed by atoms with van der Waals surface area (Å²) in [5.74, 6) is 0.254. The Bertz CT molecular complexity index is 903. The number of aromatic nitrogens is 4. The molecule has 0 aliphatic carbocycles. The van der Waals surface area contributed by atoms with Gasteiger partial charge in [0.05, 0.1) is 13.3 Å². The monoisotopic (exact) mass is 363 g/mol. The zero-order chi connectivity index (χ0) is 17.1. The molecule has 0 aliphatic rings. The molecule has 0 saturated heterocycles. The van der Waals surface area contributed by atoms with Crippen molar-refractivity contribution >= 4 is 40.1 Å². The molecule has 0 radical (unpaired) electrons. The topological polar surface area (TPSA) is 111 Å². The van der Waals surface area contributed by atoms with Gasteiger partial charge in [0.25, 0.3) is 5.82 Å². The smallest absolute Gasteiger partial charge is 0.342 e. The Morgan fingerprint density at radius 1 is 1.38 bits per heavy atom. The minimum atomic E-state index is -0.507. The van der Waals surface area contributed by atoms with Gasteiger partial charge in [-0.25, -0.2) is 9.55 Å². The third-order valence-electron chi connectivity index (χ3n) is 3.01. The fraction of sp³-hybridized carbons (Fsp3) is 0.0769. The summed E-state index contributed by atoms with van der Waals surface area (Å²) in [5.41, 5.74) is 3.63. The first kappa shape index (κ1) is 16.0. The molecule has 0 saturated carbocycles. The maximum Gasteiger partial charge on any atom is 0.342 e. The van der Waals surface area contributed by atoms with Crippen LogP contribution in [-0.2, 0) is 7.05 Å². The zero-order valence-electron chi connectivity index (χ0n) is 12.3. The molecule has 122 valence electrons. The summed E-state index contributed by atoms with van der Waals surface area (Å²) >= 11 is 7.00. The Balaban J connectivity index is 1.72. The highest BCUT2D eigenvalue weighted by atomic mass is 35.5. The number of anilines is 1. The van der Waals surface area contributed by atoms with Crippen LogP contribution in [0, 0.1) is 10.1 Å². The molecule has 24 heavy (non-hydrogen) atoms. The first-order chi connectivity index (χ1) is 11.5. The number of hydrogen-bond acceptors (Lipinski definition) is 8. The van der Waals surface area contributed by atoms with Gasteiger partial charge in [-0.2, -0.15) is 5.10 Å². The molecule has 0 bridgehead atoms. The van der Waals surface area contributed by atoms with Crippen LogP contribution in [0.5, 0.6) is 0 Å². The van der Waals surface area contributed by atoms with Gasteiger partial charge in [-0.05, 0) is 22.6 Å². The molecular weight excluding hydrogens is 354 g/mol. The molecule has 1 N–H and O–H groups in total. The lowest BCUT2D eigenvalue weighted by atomic mass is 10.2. The Hall–Kier alpha value is -2.85. The highest BCUT2D eigenvalue weighted by molar-refractivity contribution is 7.18. The van der Waals surface area contributed by atoms with E-state index in [0.717, 1.165) is 5.56 Å². The van der Waals surface area contributed by atoms with Crippen LogP contribution in [0.25, 0.3) is 10.8 Å². The van der Waals surface area contributed by atoms with Gasteiger partial charge >= 0.3 is 5.82 Å². The first-order valence-corrected chi connectivity index (χ1v) is 7.78. The fourth-order valence-corrected chi connectivity index (χ4v) is 2.69. The second-order valence-electron chi connectivity index (χ2n) is 4.59. The summed E-state index contributed by atoms with van der Waals surface area (Å²) in [7, 11) is 1.55. The SMILES string of the molecule is Cn1c([N+](=O)[O-])cnc1-c1nnc(N/N=C\c2ccc(Cl)cc2)s1. The third kappa shape index (κ3) is 3.39. The number of nitrogens with zero attached hydrogens (tertiary/aromatic N) is 6. The molecule has 0 amide bonds. The van der Waals surface area contributed by atoms with Crippen molar-refractivity contribution in [2.24, 2.45) is 12.1 Å². The van der Waals surface area contributed by atoms with Gasteiger partial charge in [0, 0.05) is 5.02 Å². The maximum atomic E-state index is 10.8. The lowest BCUT2D eigenvalue weighted by molar-refractivity contribution is -0.391. The van der Waals surface area contributed by atoms with Crippen molar-refractivity contribution in [2.45, 2.75) is 0 Å². The summed E-state index contributed by atoms with van der Waals surface area (Å²) < 4.78 is 1.35. The molecule has 0 fully saturated rings. The summed E-state index contributed by atoms with van der Waals surface area (Å²) in [6.07, 6.45) is 2.80. The third-order valence-corrected chi connectivity index (χ3v) is 4.09. The van der Waals surface area contributed by atoms with Gasteiger partial charge < -0.3 is 10.1 Å². The highest BCUT2D eigenvalue weighted by Gasteiger charge is 2.21. The van der Waals surface area contributed by atoms with Gasteiger partial charge in [-0.1, -0.05) is 35.1 Å². The fourth-order valence-electron chi connectivity index (χ4n) is 1.84. The van der Waals surface area contributed by atoms with Gasteiger partial charge in [-0.15, -0.1) is 10.2 Å². The second-order valence-corrected chi connectivity index (χ2v) is 6.00. The molecule has 11 heteroatoms. The van der Waals surface area contributed by atoms with Crippen molar-refractivity contribution in [3.63, 3.8) is 0 Å². The molecule has 2 heterocycles. The largest absolute Gasteiger partial charge is 0.358 e. The molecule has 0 atom stereocenters. The number of benzene rings is 1. The van der Waals surface area contributed by atoms with E-state index in [1.165, 1.54) is 22.1 Å². The van der Waals surface area contributed by atoms with Crippen LogP contribution in [0.3, 0.4) is 0 Å². The molecular formula is C13H10ClN7O2S. The van der Waals surface area contributed by atoms with Crippen molar-refractivity contribution in [3.8, 4) is 10.8 Å². The maximum absolute atomic E-state index is 10.8. The molecule has 3 aromatic rings. The van der Waals surface area contributed by atoms with E-state index in [9.17, 15) is 10.1 Å². The van der Waals surface area contributed by atoms with Crippen LogP contribution in [0.2, 0.25) is 5.02 Å². The van der Waals surface area contributed by atoms with E-state index in [1.54, 1.807) is 25.4 Å². The molecule has 1 aromatic carbocycles. The standard InChI is InChI=1S/C13H10ClN7O2S/c1-20-10(21(22)23)7-15-11(20)12-17-19-13(24-12)18-16-6-8-2-4-9(14)5-3-8/h2-7H,1H3,(H,18,19)/b16-6-. The minimum absolute atomic E-state index is 0.115. The normalized spacial score (nSPS) is 11.1. The molecule has 3 rings (SSSR count). The number of rotatable bonds is 5. The molecule has 9 nitrogen and oxygen atoms in total. The Morgan fingerprint density at radius 3 is 2.79 bits per heavy atom. The number of hydrazone groups is 1. The van der Waals surface area contributed by atoms with E-state index in [4.69, 9.17) is 11.6 Å². The molecule has 0 unspecified atom stereocenters. The van der Waals surface area contributed by atoms with E-state index in [-0.39, 0.29) is 5.82 Å². The van der Waals surface area contributed by atoms with Gasteiger partial charge in [-0.3, -0.25) is 5.43 Å². The van der Waals surface area contributed by atoms with Crippen LogP contribution >= 0.6 is 22.9 Å². The summed E-state index contributed by atoms with van der Waals surface area (Å²) in [4.78, 5) is 14.3. The summed E-state index contributed by atoms with van der Waals surface area (Å²) in [6.45, 7) is 0. The Morgan fingerprint density at radius 2 is 2.12 bits per heavy atom. The van der Waals surface area contributed by atoms with E-state index in [2.05, 4.69) is 25.7 Å². The van der Waals surface area contributed by atoms with Crippen molar-refractivity contribution < 1.29 is 4.92 Å². The summed E-state index contributed by atoms with van der Waals surface area (Å²) in [6, 6.07) is 7.18. The van der Waals surface area contributed by atoms with Crippen LogP contribution in [0.1, 0.15) is 5.56 Å². The van der Waals surface area contributed by atoms with Crippen molar-refractivity contribution in [1.29, 1.82) is 0 Å². The lowest BCUT2D eigenvalue weighted by Crippen LogP contribution is -1.98. The predicted octanol–water partition coefficient (Wildman–Crippen LogP) is 2.95. The van der Waals surface area contributed by atoms with E-state index in [1.807, 2.05) is 12.1 Å². The van der Waals surface area contributed by atoms with Gasteiger partial charge in [0.2, 0.25) is 10.1 Å². The van der Waals surface area contributed by atoms with Gasteiger partial charge in [0.1, 0.15) is 6.20 Å². The van der Waals surface area contributed by atoms with E-state index >= 15 is 0 Å². The number of nitro groups is 1. The van der Waals surface area contributed by atoms with Crippen LogP contribution in [0.15, 0.2) is 35.6 Å². The molecule has 2 aromatic heterocycles. The quantitative estimate of drug-likeness (QED) is 0.423. The lowest BCUT2D eigenvalue weighted by Gasteiger charge is -1.95. The number of nitrogens with one attached hydrogen (secondary N) is 1. The Labute approximate surface area is 144 Å². The van der Waals surface area contributed by atoms with Crippen molar-refractivity contribution in [3.05, 3.63) is 51.2 Å². The van der Waals surface area contributed by atoms with Crippen LogP contribution in [-0.4, -0.2) is 30.9 Å². The number of hydrogen-bond donors (Lipinski definition) is 1. The van der Waals surface area contributed by atoms with E-state index in [0.29, 0.717) is 21.0 Å². The summed E-state index contributed by atoms with van der Waals surface area (Å²) in [5, 5.41) is 24.3. The highest BCUT2D eigenvalue weighted by Crippen LogP contribution is 2.27. The first-order valence-electron chi connectivity index (χ1n) is 6.59. The predicted molar refractivity (Wildman–Crippen MR) is 91.4 cm³/mol. The average Bonchev–Trinajstić information content (AvgIpc) is 3.15. The van der Waals surface area contributed by atoms with Crippen LogP contribution in [0.4, 0.5) is 10.9 Å². The zero-order valence-corrected chi connectivity index (χ0v) is 13.8. The minimum Gasteiger partial charge on any atom is -0.358 e. The van der Waals surface area contributed by atoms with E-state index < -0.39 is 4.92 Å². The number of halogens is 1. The molecule has 0 aliphatic heterocycles. The van der Waals surface area contributed by atoms with Crippen LogP contribution < -0.4 is 5.43 Å². The van der Waals surface area contributed by atoms with Crippen molar-refractivity contribution in [2.75, 3.05) is 5.43 Å². The number of imidazole rings is 1. The van der Waals surface area contributed by atoms with Gasteiger partial charge in [0.15, 0.2) is 0 Å². The average molecular weight is 364 g/mol. The molecule has 0 spiro atoms. The van der Waals surface area contributed by atoms with Crippen molar-refractivity contribution in [1.82, 2.24) is 19.7 Å². The Kier molecular flexibility index (Phi) is 4.49. The second kappa shape index (κ2) is 6.72.